The molecule has 0 radical (unpaired) electrons. The van der Waals surface area contributed by atoms with E-state index in [-0.39, 0.29) is 6.04 Å². The lowest BCUT2D eigenvalue weighted by molar-refractivity contribution is -0.110. The van der Waals surface area contributed by atoms with E-state index in [0.717, 1.165) is 17.7 Å². The number of amides is 1. The van der Waals surface area contributed by atoms with E-state index in [2.05, 4.69) is 12.2 Å². The maximum atomic E-state index is 10.4. The van der Waals surface area contributed by atoms with Crippen molar-refractivity contribution in [1.82, 2.24) is 5.32 Å². The van der Waals surface area contributed by atoms with Crippen LogP contribution in [0.5, 0.6) is 5.75 Å². The van der Waals surface area contributed by atoms with E-state index in [1.54, 1.807) is 0 Å². The van der Waals surface area contributed by atoms with Crippen LogP contribution in [0.3, 0.4) is 0 Å². The molecule has 1 amide bonds. The van der Waals surface area contributed by atoms with Crippen molar-refractivity contribution in [3.05, 3.63) is 29.8 Å². The maximum absolute atomic E-state index is 10.4. The Bertz CT molecular complexity index is 312. The Morgan fingerprint density at radius 2 is 2.20 bits per heavy atom. The first kappa shape index (κ1) is 11.6. The van der Waals surface area contributed by atoms with E-state index in [4.69, 9.17) is 4.74 Å². The molecule has 3 heteroatoms. The molecule has 3 nitrogen and oxygen atoms in total. The molecule has 1 aromatic rings. The monoisotopic (exact) mass is 207 g/mol. The van der Waals surface area contributed by atoms with Crippen LogP contribution in [-0.4, -0.2) is 13.0 Å². The van der Waals surface area contributed by atoms with Gasteiger partial charge < -0.3 is 10.1 Å². The summed E-state index contributed by atoms with van der Waals surface area (Å²) in [5.74, 6) is 0.848. The number of hydrogen-bond acceptors (Lipinski definition) is 2. The molecule has 1 atom stereocenters. The fourth-order valence-corrected chi connectivity index (χ4v) is 1.37. The number of carbonyl (C=O) groups is 1. The number of benzene rings is 1. The fourth-order valence-electron chi connectivity index (χ4n) is 1.37. The van der Waals surface area contributed by atoms with Crippen molar-refractivity contribution in [3.63, 3.8) is 0 Å². The van der Waals surface area contributed by atoms with E-state index in [0.29, 0.717) is 13.0 Å². The third kappa shape index (κ3) is 3.27. The standard InChI is InChI=1S/C12H17NO2/c1-3-8-15-12-7-5-4-6-11(12)10(2)13-9-14/h4-7,9-10H,3,8H2,1-2H3,(H,13,14)/t10-/m0/s1. The molecule has 0 unspecified atom stereocenters. The lowest BCUT2D eigenvalue weighted by Gasteiger charge is -2.15. The molecule has 0 spiro atoms. The van der Waals surface area contributed by atoms with E-state index in [1.165, 1.54) is 0 Å². The molecule has 0 aromatic heterocycles. The molecule has 0 heterocycles. The second-order valence-electron chi connectivity index (χ2n) is 3.39. The van der Waals surface area contributed by atoms with Crippen molar-refractivity contribution in [2.45, 2.75) is 26.3 Å². The van der Waals surface area contributed by atoms with Crippen LogP contribution < -0.4 is 10.1 Å². The summed E-state index contributed by atoms with van der Waals surface area (Å²) in [5, 5.41) is 2.72. The SMILES string of the molecule is CCCOc1ccccc1[C@H](C)NC=O. The first-order valence-electron chi connectivity index (χ1n) is 5.21. The highest BCUT2D eigenvalue weighted by Gasteiger charge is 2.09. The number of rotatable bonds is 6. The first-order chi connectivity index (χ1) is 7.29. The van der Waals surface area contributed by atoms with Gasteiger partial charge in [0.25, 0.3) is 0 Å². The summed E-state index contributed by atoms with van der Waals surface area (Å²) in [4.78, 5) is 10.4. The molecule has 82 valence electrons. The van der Waals surface area contributed by atoms with Crippen LogP contribution in [0.1, 0.15) is 31.9 Å². The molecule has 1 N–H and O–H groups in total. The van der Waals surface area contributed by atoms with E-state index >= 15 is 0 Å². The molecule has 0 aliphatic carbocycles. The van der Waals surface area contributed by atoms with Crippen molar-refractivity contribution >= 4 is 6.41 Å². The third-order valence-electron chi connectivity index (χ3n) is 2.17. The Labute approximate surface area is 90.4 Å². The van der Waals surface area contributed by atoms with Crippen LogP contribution in [-0.2, 0) is 4.79 Å². The zero-order chi connectivity index (χ0) is 11.1. The highest BCUT2D eigenvalue weighted by molar-refractivity contribution is 5.49. The number of para-hydroxylation sites is 1. The summed E-state index contributed by atoms with van der Waals surface area (Å²) in [7, 11) is 0. The predicted octanol–water partition coefficient (Wildman–Crippen LogP) is 2.28. The van der Waals surface area contributed by atoms with Crippen LogP contribution >= 0.6 is 0 Å². The predicted molar refractivity (Wildman–Crippen MR) is 59.8 cm³/mol. The summed E-state index contributed by atoms with van der Waals surface area (Å²) < 4.78 is 5.60. The average Bonchev–Trinajstić information content (AvgIpc) is 2.27. The van der Waals surface area contributed by atoms with Crippen molar-refractivity contribution in [3.8, 4) is 5.75 Å². The minimum Gasteiger partial charge on any atom is -0.493 e. The van der Waals surface area contributed by atoms with Gasteiger partial charge in [-0.25, -0.2) is 0 Å². The van der Waals surface area contributed by atoms with Crippen LogP contribution in [0, 0.1) is 0 Å². The lowest BCUT2D eigenvalue weighted by Crippen LogP contribution is -2.17. The van der Waals surface area contributed by atoms with Gasteiger partial charge in [0.05, 0.1) is 12.6 Å². The molecule has 0 saturated carbocycles. The molecule has 0 aliphatic heterocycles. The van der Waals surface area contributed by atoms with Crippen LogP contribution in [0.15, 0.2) is 24.3 Å². The van der Waals surface area contributed by atoms with Gasteiger partial charge in [-0.1, -0.05) is 25.1 Å². The summed E-state index contributed by atoms with van der Waals surface area (Å²) in [6.07, 6.45) is 1.69. The first-order valence-corrected chi connectivity index (χ1v) is 5.21. The van der Waals surface area contributed by atoms with Gasteiger partial charge in [-0.05, 0) is 19.4 Å². The Balaban J connectivity index is 2.80. The molecule has 15 heavy (non-hydrogen) atoms. The van der Waals surface area contributed by atoms with Gasteiger partial charge in [0.2, 0.25) is 6.41 Å². The summed E-state index contributed by atoms with van der Waals surface area (Å²) >= 11 is 0. The number of carbonyl (C=O) groups excluding carboxylic acids is 1. The second-order valence-corrected chi connectivity index (χ2v) is 3.39. The fraction of sp³-hybridized carbons (Fsp3) is 0.417. The number of hydrogen-bond donors (Lipinski definition) is 1. The normalized spacial score (nSPS) is 11.9. The van der Waals surface area contributed by atoms with Gasteiger partial charge in [0.15, 0.2) is 0 Å². The molecule has 1 rings (SSSR count). The van der Waals surface area contributed by atoms with Gasteiger partial charge >= 0.3 is 0 Å². The number of ether oxygens (including phenoxy) is 1. The van der Waals surface area contributed by atoms with Crippen molar-refractivity contribution < 1.29 is 9.53 Å². The third-order valence-corrected chi connectivity index (χ3v) is 2.17. The maximum Gasteiger partial charge on any atom is 0.207 e. The minimum atomic E-state index is -0.0180. The van der Waals surface area contributed by atoms with Crippen LogP contribution in [0.2, 0.25) is 0 Å². The average molecular weight is 207 g/mol. The molecular weight excluding hydrogens is 190 g/mol. The Hall–Kier alpha value is -1.51. The van der Waals surface area contributed by atoms with Crippen LogP contribution in [0.4, 0.5) is 0 Å². The van der Waals surface area contributed by atoms with Gasteiger partial charge in [-0.15, -0.1) is 0 Å². The smallest absolute Gasteiger partial charge is 0.207 e. The quantitative estimate of drug-likeness (QED) is 0.727. The zero-order valence-corrected chi connectivity index (χ0v) is 9.19. The molecule has 0 aliphatic rings. The highest BCUT2D eigenvalue weighted by Crippen LogP contribution is 2.24. The van der Waals surface area contributed by atoms with Gasteiger partial charge in [0.1, 0.15) is 5.75 Å². The summed E-state index contributed by atoms with van der Waals surface area (Å²) in [5.41, 5.74) is 1.01. The molecule has 0 bridgehead atoms. The van der Waals surface area contributed by atoms with Gasteiger partial charge in [-0.3, -0.25) is 4.79 Å². The zero-order valence-electron chi connectivity index (χ0n) is 9.19. The Kier molecular flexibility index (Phi) is 4.68. The molecular formula is C12H17NO2. The van der Waals surface area contributed by atoms with Crippen molar-refractivity contribution in [2.24, 2.45) is 0 Å². The van der Waals surface area contributed by atoms with E-state index in [1.807, 2.05) is 31.2 Å². The minimum absolute atomic E-state index is 0.0180. The highest BCUT2D eigenvalue weighted by atomic mass is 16.5. The Morgan fingerprint density at radius 1 is 1.47 bits per heavy atom. The molecule has 1 aromatic carbocycles. The second kappa shape index (κ2) is 6.06. The largest absolute Gasteiger partial charge is 0.493 e. The Morgan fingerprint density at radius 3 is 2.87 bits per heavy atom. The topological polar surface area (TPSA) is 38.3 Å². The van der Waals surface area contributed by atoms with E-state index in [9.17, 15) is 4.79 Å². The lowest BCUT2D eigenvalue weighted by atomic mass is 10.1. The summed E-state index contributed by atoms with van der Waals surface area (Å²) in [6.45, 7) is 4.70. The summed E-state index contributed by atoms with van der Waals surface area (Å²) in [6, 6.07) is 7.75. The van der Waals surface area contributed by atoms with Crippen molar-refractivity contribution in [1.29, 1.82) is 0 Å². The number of nitrogens with one attached hydrogen (secondary N) is 1. The van der Waals surface area contributed by atoms with Crippen molar-refractivity contribution in [2.75, 3.05) is 6.61 Å². The van der Waals surface area contributed by atoms with E-state index < -0.39 is 0 Å². The molecule has 0 fully saturated rings. The molecule has 0 saturated heterocycles. The van der Waals surface area contributed by atoms with Crippen LogP contribution in [0.25, 0.3) is 0 Å². The van der Waals surface area contributed by atoms with Gasteiger partial charge in [-0.2, -0.15) is 0 Å². The van der Waals surface area contributed by atoms with Gasteiger partial charge in [0, 0.05) is 5.56 Å².